The zero-order chi connectivity index (χ0) is 13.1. The molecule has 0 aromatic carbocycles. The second-order valence-electron chi connectivity index (χ2n) is 5.30. The van der Waals surface area contributed by atoms with E-state index in [1.54, 1.807) is 0 Å². The lowest BCUT2D eigenvalue weighted by Crippen LogP contribution is -2.45. The summed E-state index contributed by atoms with van der Waals surface area (Å²) < 4.78 is 0. The van der Waals surface area contributed by atoms with Crippen molar-refractivity contribution in [1.29, 1.82) is 0 Å². The topological polar surface area (TPSA) is 54.0 Å². The minimum atomic E-state index is -0.0867. The average molecular weight is 247 g/mol. The van der Waals surface area contributed by atoms with Crippen molar-refractivity contribution in [2.24, 2.45) is 5.92 Å². The maximum Gasteiger partial charge on any atom is 0.242 e. The van der Waals surface area contributed by atoms with Crippen LogP contribution in [0.25, 0.3) is 0 Å². The Bertz CT molecular complexity index is 424. The van der Waals surface area contributed by atoms with E-state index in [2.05, 4.69) is 22.5 Å². The van der Waals surface area contributed by atoms with Crippen LogP contribution in [0.3, 0.4) is 0 Å². The number of aryl methyl sites for hydroxylation is 2. The number of aromatic nitrogens is 1. The van der Waals surface area contributed by atoms with Crippen molar-refractivity contribution < 1.29 is 4.79 Å². The number of piperidine rings is 1. The van der Waals surface area contributed by atoms with Gasteiger partial charge in [0, 0.05) is 5.69 Å². The Kier molecular flexibility index (Phi) is 3.97. The van der Waals surface area contributed by atoms with E-state index in [0.717, 1.165) is 30.6 Å². The molecule has 0 aliphatic carbocycles. The van der Waals surface area contributed by atoms with Crippen LogP contribution >= 0.6 is 0 Å². The van der Waals surface area contributed by atoms with Gasteiger partial charge in [0.1, 0.15) is 5.82 Å². The molecule has 2 heterocycles. The first kappa shape index (κ1) is 13.0. The van der Waals surface area contributed by atoms with Crippen molar-refractivity contribution in [3.8, 4) is 0 Å². The quantitative estimate of drug-likeness (QED) is 0.840. The fraction of sp³-hybridized carbons (Fsp3) is 0.571. The molecule has 0 radical (unpaired) electrons. The highest BCUT2D eigenvalue weighted by Gasteiger charge is 2.24. The second-order valence-corrected chi connectivity index (χ2v) is 5.30. The average Bonchev–Trinajstić information content (AvgIpc) is 2.27. The Balaban J connectivity index is 2.02. The van der Waals surface area contributed by atoms with Gasteiger partial charge in [0.15, 0.2) is 0 Å². The standard InChI is InChI=1S/C14H21N3O/c1-9-4-5-15-12(7-9)14(18)17-13-8-10(2)6-11(3)16-13/h6,8-9,12,15H,4-5,7H2,1-3H3,(H,16,17,18). The van der Waals surface area contributed by atoms with E-state index in [9.17, 15) is 4.79 Å². The number of hydrogen-bond acceptors (Lipinski definition) is 3. The molecule has 2 atom stereocenters. The molecule has 98 valence electrons. The summed E-state index contributed by atoms with van der Waals surface area (Å²) in [6.45, 7) is 7.05. The number of pyridine rings is 1. The smallest absolute Gasteiger partial charge is 0.242 e. The predicted molar refractivity (Wildman–Crippen MR) is 72.5 cm³/mol. The monoisotopic (exact) mass is 247 g/mol. The van der Waals surface area contributed by atoms with Crippen LogP contribution in [0.1, 0.15) is 31.0 Å². The number of carbonyl (C=O) groups is 1. The van der Waals surface area contributed by atoms with Gasteiger partial charge in [-0.25, -0.2) is 4.98 Å². The van der Waals surface area contributed by atoms with Gasteiger partial charge in [-0.1, -0.05) is 6.92 Å². The van der Waals surface area contributed by atoms with Crippen molar-refractivity contribution in [3.63, 3.8) is 0 Å². The lowest BCUT2D eigenvalue weighted by atomic mass is 9.94. The molecule has 4 nitrogen and oxygen atoms in total. The molecule has 1 saturated heterocycles. The molecule has 1 aliphatic heterocycles. The molecule has 2 rings (SSSR count). The summed E-state index contributed by atoms with van der Waals surface area (Å²) in [5, 5.41) is 6.16. The lowest BCUT2D eigenvalue weighted by Gasteiger charge is -2.27. The van der Waals surface area contributed by atoms with Gasteiger partial charge in [-0.3, -0.25) is 4.79 Å². The van der Waals surface area contributed by atoms with E-state index in [4.69, 9.17) is 0 Å². The lowest BCUT2D eigenvalue weighted by molar-refractivity contribution is -0.119. The van der Waals surface area contributed by atoms with Crippen LogP contribution in [0.5, 0.6) is 0 Å². The summed E-state index contributed by atoms with van der Waals surface area (Å²) in [5.74, 6) is 1.28. The van der Waals surface area contributed by atoms with Gasteiger partial charge >= 0.3 is 0 Å². The number of amides is 1. The van der Waals surface area contributed by atoms with Crippen molar-refractivity contribution >= 4 is 11.7 Å². The first-order valence-electron chi connectivity index (χ1n) is 6.54. The normalized spacial score (nSPS) is 23.7. The summed E-state index contributed by atoms with van der Waals surface area (Å²) in [6, 6.07) is 3.81. The SMILES string of the molecule is Cc1cc(C)nc(NC(=O)C2CC(C)CCN2)c1. The Morgan fingerprint density at radius 2 is 2.22 bits per heavy atom. The van der Waals surface area contributed by atoms with E-state index in [1.807, 2.05) is 26.0 Å². The van der Waals surface area contributed by atoms with E-state index in [1.165, 1.54) is 0 Å². The number of anilines is 1. The summed E-state index contributed by atoms with van der Waals surface area (Å²) in [7, 11) is 0. The fourth-order valence-corrected chi connectivity index (χ4v) is 2.43. The molecular formula is C14H21N3O. The summed E-state index contributed by atoms with van der Waals surface area (Å²) in [6.07, 6.45) is 2.04. The number of carbonyl (C=O) groups excluding carboxylic acids is 1. The van der Waals surface area contributed by atoms with E-state index >= 15 is 0 Å². The Hall–Kier alpha value is -1.42. The number of nitrogens with zero attached hydrogens (tertiary/aromatic N) is 1. The number of rotatable bonds is 2. The second kappa shape index (κ2) is 5.48. The van der Waals surface area contributed by atoms with E-state index < -0.39 is 0 Å². The van der Waals surface area contributed by atoms with Gasteiger partial charge in [0.05, 0.1) is 6.04 Å². The van der Waals surface area contributed by atoms with Gasteiger partial charge in [0.25, 0.3) is 0 Å². The first-order chi connectivity index (χ1) is 8.54. The zero-order valence-corrected chi connectivity index (χ0v) is 11.3. The van der Waals surface area contributed by atoms with Crippen LogP contribution in [0.2, 0.25) is 0 Å². The highest BCUT2D eigenvalue weighted by molar-refractivity contribution is 5.94. The molecule has 1 aromatic heterocycles. The summed E-state index contributed by atoms with van der Waals surface area (Å²) >= 11 is 0. The highest BCUT2D eigenvalue weighted by atomic mass is 16.2. The van der Waals surface area contributed by atoms with Crippen molar-refractivity contribution in [2.45, 2.75) is 39.7 Å². The Labute approximate surface area is 108 Å². The van der Waals surface area contributed by atoms with Crippen molar-refractivity contribution in [1.82, 2.24) is 10.3 Å². The van der Waals surface area contributed by atoms with E-state index in [-0.39, 0.29) is 11.9 Å². The molecule has 1 fully saturated rings. The van der Waals surface area contributed by atoms with Crippen LogP contribution < -0.4 is 10.6 Å². The molecule has 18 heavy (non-hydrogen) atoms. The van der Waals surface area contributed by atoms with Crippen LogP contribution in [0, 0.1) is 19.8 Å². The predicted octanol–water partition coefficient (Wildman–Crippen LogP) is 2.03. The molecule has 2 N–H and O–H groups in total. The minimum Gasteiger partial charge on any atom is -0.309 e. The molecule has 1 amide bonds. The molecule has 0 saturated carbocycles. The van der Waals surface area contributed by atoms with Crippen molar-refractivity contribution in [3.05, 3.63) is 23.4 Å². The highest BCUT2D eigenvalue weighted by Crippen LogP contribution is 2.16. The van der Waals surface area contributed by atoms with E-state index in [0.29, 0.717) is 11.7 Å². The number of hydrogen-bond donors (Lipinski definition) is 2. The van der Waals surface area contributed by atoms with Crippen molar-refractivity contribution in [2.75, 3.05) is 11.9 Å². The molecule has 1 aromatic rings. The molecule has 4 heteroatoms. The Morgan fingerprint density at radius 1 is 1.44 bits per heavy atom. The van der Waals surface area contributed by atoms with Gasteiger partial charge in [0.2, 0.25) is 5.91 Å². The zero-order valence-electron chi connectivity index (χ0n) is 11.3. The van der Waals surface area contributed by atoms with Crippen LogP contribution in [0.4, 0.5) is 5.82 Å². The maximum absolute atomic E-state index is 12.1. The molecule has 2 unspecified atom stereocenters. The fourth-order valence-electron chi connectivity index (χ4n) is 2.43. The van der Waals surface area contributed by atoms with Gasteiger partial charge in [-0.2, -0.15) is 0 Å². The molecule has 0 spiro atoms. The van der Waals surface area contributed by atoms with Gasteiger partial charge < -0.3 is 10.6 Å². The van der Waals surface area contributed by atoms with Crippen LogP contribution in [-0.2, 0) is 4.79 Å². The van der Waals surface area contributed by atoms with Crippen LogP contribution in [-0.4, -0.2) is 23.5 Å². The maximum atomic E-state index is 12.1. The first-order valence-corrected chi connectivity index (χ1v) is 6.54. The largest absolute Gasteiger partial charge is 0.309 e. The van der Waals surface area contributed by atoms with Gasteiger partial charge in [-0.05, 0) is 56.8 Å². The Morgan fingerprint density at radius 3 is 2.89 bits per heavy atom. The minimum absolute atomic E-state index is 0.0269. The third-order valence-electron chi connectivity index (χ3n) is 3.33. The summed E-state index contributed by atoms with van der Waals surface area (Å²) in [4.78, 5) is 16.5. The molecule has 0 bridgehead atoms. The number of nitrogens with one attached hydrogen (secondary N) is 2. The molecular weight excluding hydrogens is 226 g/mol. The molecule has 1 aliphatic rings. The van der Waals surface area contributed by atoms with Crippen LogP contribution in [0.15, 0.2) is 12.1 Å². The third-order valence-corrected chi connectivity index (χ3v) is 3.33. The third kappa shape index (κ3) is 3.29. The van der Waals surface area contributed by atoms with Gasteiger partial charge in [-0.15, -0.1) is 0 Å². The summed E-state index contributed by atoms with van der Waals surface area (Å²) in [5.41, 5.74) is 2.04.